The third-order valence-electron chi connectivity index (χ3n) is 10.2. The summed E-state index contributed by atoms with van der Waals surface area (Å²) < 4.78 is 5.51. The zero-order valence-corrected chi connectivity index (χ0v) is 20.9. The maximum absolute atomic E-state index is 12.8. The molecule has 0 saturated heterocycles. The van der Waals surface area contributed by atoms with Crippen LogP contribution in [0, 0.1) is 34.5 Å². The lowest BCUT2D eigenvalue weighted by Crippen LogP contribution is -2.67. The number of aliphatic carboxylic acids is 1. The third-order valence-corrected chi connectivity index (χ3v) is 10.2. The number of guanidine groups is 1. The Labute approximate surface area is 207 Å². The molecule has 7 unspecified atom stereocenters. The first-order valence-corrected chi connectivity index (χ1v) is 13.0. The average molecular weight is 489 g/mol. The molecule has 0 radical (unpaired) electrons. The SMILES string of the molecule is CN=C(N)N1C=CC(CNCCO)C2(C1)C1CCC3CCCC4C(O)(COC)C(C(=O)O)=C(C1)C342. The highest BCUT2D eigenvalue weighted by Gasteiger charge is 2.79. The van der Waals surface area contributed by atoms with E-state index in [1.54, 1.807) is 14.2 Å². The molecular weight excluding hydrogens is 448 g/mol. The van der Waals surface area contributed by atoms with Crippen LogP contribution in [0.3, 0.4) is 0 Å². The molecule has 9 nitrogen and oxygen atoms in total. The van der Waals surface area contributed by atoms with Crippen LogP contribution in [0.15, 0.2) is 28.4 Å². The minimum absolute atomic E-state index is 0.0104. The Bertz CT molecular complexity index is 965. The lowest BCUT2D eigenvalue weighted by Gasteiger charge is -2.65. The summed E-state index contributed by atoms with van der Waals surface area (Å²) in [7, 11) is 3.23. The molecule has 194 valence electrons. The van der Waals surface area contributed by atoms with Crippen LogP contribution < -0.4 is 11.1 Å². The molecule has 3 fully saturated rings. The predicted octanol–water partition coefficient (Wildman–Crippen LogP) is 0.933. The Morgan fingerprint density at radius 3 is 2.77 bits per heavy atom. The van der Waals surface area contributed by atoms with E-state index in [9.17, 15) is 20.1 Å². The molecular formula is C26H40N4O5. The van der Waals surface area contributed by atoms with Gasteiger partial charge in [-0.1, -0.05) is 12.5 Å². The van der Waals surface area contributed by atoms with E-state index in [0.29, 0.717) is 37.9 Å². The predicted molar refractivity (Wildman–Crippen MR) is 131 cm³/mol. The summed E-state index contributed by atoms with van der Waals surface area (Å²) in [6, 6.07) is 0. The van der Waals surface area contributed by atoms with Crippen molar-refractivity contribution in [2.24, 2.45) is 45.2 Å². The molecule has 4 aliphatic carbocycles. The minimum atomic E-state index is -1.51. The molecule has 0 aromatic heterocycles. The van der Waals surface area contributed by atoms with E-state index in [0.717, 1.165) is 37.7 Å². The maximum atomic E-state index is 12.8. The van der Waals surface area contributed by atoms with Crippen molar-refractivity contribution in [3.05, 3.63) is 23.4 Å². The molecule has 2 spiro atoms. The number of nitrogens with one attached hydrogen (secondary N) is 1. The topological polar surface area (TPSA) is 141 Å². The van der Waals surface area contributed by atoms with Crippen molar-refractivity contribution in [3.8, 4) is 0 Å². The van der Waals surface area contributed by atoms with Gasteiger partial charge in [0, 0.05) is 56.7 Å². The van der Waals surface area contributed by atoms with Crippen LogP contribution in [0.5, 0.6) is 0 Å². The van der Waals surface area contributed by atoms with Gasteiger partial charge in [0.15, 0.2) is 5.96 Å². The molecule has 5 aliphatic rings. The number of aliphatic hydroxyl groups is 2. The molecule has 3 saturated carbocycles. The number of rotatable bonds is 7. The number of nitrogens with two attached hydrogens (primary N) is 1. The van der Waals surface area contributed by atoms with Crippen LogP contribution >= 0.6 is 0 Å². The Kier molecular flexibility index (Phi) is 6.27. The van der Waals surface area contributed by atoms with Gasteiger partial charge in [0.25, 0.3) is 0 Å². The van der Waals surface area contributed by atoms with Crippen LogP contribution in [-0.2, 0) is 9.53 Å². The highest BCUT2D eigenvalue weighted by Crippen LogP contribution is 2.81. The average Bonchev–Trinajstić information content (AvgIpc) is 3.12. The number of methoxy groups -OCH3 is 1. The highest BCUT2D eigenvalue weighted by atomic mass is 16.5. The number of carboxylic acids is 1. The van der Waals surface area contributed by atoms with Crippen LogP contribution in [0.2, 0.25) is 0 Å². The van der Waals surface area contributed by atoms with Gasteiger partial charge >= 0.3 is 5.97 Å². The lowest BCUT2D eigenvalue weighted by atomic mass is 9.40. The van der Waals surface area contributed by atoms with Gasteiger partial charge in [-0.05, 0) is 55.4 Å². The Morgan fingerprint density at radius 2 is 2.09 bits per heavy atom. The van der Waals surface area contributed by atoms with Crippen molar-refractivity contribution < 1.29 is 24.9 Å². The quantitative estimate of drug-likeness (QED) is 0.203. The lowest BCUT2D eigenvalue weighted by molar-refractivity contribution is -0.181. The summed E-state index contributed by atoms with van der Waals surface area (Å²) in [6.45, 7) is 1.89. The molecule has 9 heteroatoms. The summed E-state index contributed by atoms with van der Waals surface area (Å²) in [5, 5.41) is 35.5. The molecule has 35 heavy (non-hydrogen) atoms. The van der Waals surface area contributed by atoms with Gasteiger partial charge in [0.1, 0.15) is 5.60 Å². The highest BCUT2D eigenvalue weighted by molar-refractivity contribution is 5.92. The second-order valence-electron chi connectivity index (χ2n) is 11.2. The number of aliphatic hydroxyl groups excluding tert-OH is 1. The minimum Gasteiger partial charge on any atom is -0.478 e. The number of aliphatic imine (C=N–C) groups is 1. The molecule has 2 bridgehead atoms. The van der Waals surface area contributed by atoms with Crippen LogP contribution in [-0.4, -0.2) is 84.8 Å². The van der Waals surface area contributed by atoms with Gasteiger partial charge in [0.2, 0.25) is 0 Å². The summed E-state index contributed by atoms with van der Waals surface area (Å²) in [6.07, 6.45) is 9.82. The normalized spacial score (nSPS) is 42.2. The standard InChI is InChI=1S/C26H40N4O5/c1-28-23(27)30-10-8-18(13-29-9-11-31)24(14-30)17-7-6-16-4-3-5-20-25(34,15-35-2)21(22(32)33)19(12-17)26(16,20)24/h8,10,16-18,20,29,31,34H,3-7,9,11-15H2,1-2H3,(H2,27,28)(H,32,33). The summed E-state index contributed by atoms with van der Waals surface area (Å²) in [5.74, 6) is -0.0763. The van der Waals surface area contributed by atoms with Gasteiger partial charge in [-0.15, -0.1) is 0 Å². The van der Waals surface area contributed by atoms with E-state index < -0.39 is 17.0 Å². The second kappa shape index (κ2) is 8.87. The van der Waals surface area contributed by atoms with E-state index in [4.69, 9.17) is 10.5 Å². The van der Waals surface area contributed by atoms with Gasteiger partial charge in [-0.25, -0.2) is 4.79 Å². The van der Waals surface area contributed by atoms with E-state index in [1.807, 2.05) is 11.1 Å². The molecule has 0 amide bonds. The van der Waals surface area contributed by atoms with Gasteiger partial charge < -0.3 is 36.0 Å². The summed E-state index contributed by atoms with van der Waals surface area (Å²) >= 11 is 0. The fourth-order valence-corrected chi connectivity index (χ4v) is 9.46. The molecule has 6 N–H and O–H groups in total. The van der Waals surface area contributed by atoms with Crippen molar-refractivity contribution >= 4 is 11.9 Å². The van der Waals surface area contributed by atoms with Crippen LogP contribution in [0.4, 0.5) is 0 Å². The van der Waals surface area contributed by atoms with Crippen molar-refractivity contribution in [3.63, 3.8) is 0 Å². The van der Waals surface area contributed by atoms with Gasteiger partial charge in [-0.2, -0.15) is 0 Å². The first-order valence-electron chi connectivity index (χ1n) is 13.0. The molecule has 0 aromatic rings. The number of ether oxygens (including phenoxy) is 1. The van der Waals surface area contributed by atoms with Crippen LogP contribution in [0.25, 0.3) is 0 Å². The van der Waals surface area contributed by atoms with E-state index in [1.165, 1.54) is 0 Å². The Balaban J connectivity index is 1.76. The first kappa shape index (κ1) is 24.7. The number of allylic oxidation sites excluding steroid dienone is 1. The smallest absolute Gasteiger partial charge is 0.334 e. The largest absolute Gasteiger partial charge is 0.478 e. The number of hydrogen-bond donors (Lipinski definition) is 5. The van der Waals surface area contributed by atoms with E-state index in [2.05, 4.69) is 16.4 Å². The molecule has 0 aromatic carbocycles. The Morgan fingerprint density at radius 1 is 1.31 bits per heavy atom. The maximum Gasteiger partial charge on any atom is 0.334 e. The van der Waals surface area contributed by atoms with Crippen molar-refractivity contribution in [1.82, 2.24) is 10.2 Å². The Hall–Kier alpha value is -1.94. The monoisotopic (exact) mass is 488 g/mol. The van der Waals surface area contributed by atoms with Crippen molar-refractivity contribution in [1.29, 1.82) is 0 Å². The first-order chi connectivity index (χ1) is 16.8. The summed E-state index contributed by atoms with van der Waals surface area (Å²) in [5.41, 5.74) is 5.26. The summed E-state index contributed by atoms with van der Waals surface area (Å²) in [4.78, 5) is 19.1. The number of nitrogens with zero attached hydrogens (tertiary/aromatic N) is 2. The van der Waals surface area contributed by atoms with Crippen LogP contribution in [0.1, 0.15) is 38.5 Å². The zero-order chi connectivity index (χ0) is 25.0. The molecule has 7 atom stereocenters. The second-order valence-corrected chi connectivity index (χ2v) is 11.2. The number of hydrogen-bond acceptors (Lipinski definition) is 6. The van der Waals surface area contributed by atoms with Gasteiger partial charge in [-0.3, -0.25) is 4.99 Å². The number of carboxylic acid groups (broad SMARTS) is 1. The van der Waals surface area contributed by atoms with Crippen molar-refractivity contribution in [2.75, 3.05) is 47.0 Å². The molecule has 5 rings (SSSR count). The fraction of sp³-hybridized carbons (Fsp3) is 0.769. The zero-order valence-electron chi connectivity index (χ0n) is 20.9. The third kappa shape index (κ3) is 3.08. The van der Waals surface area contributed by atoms with E-state index >= 15 is 0 Å². The van der Waals surface area contributed by atoms with Crippen molar-refractivity contribution in [2.45, 2.75) is 44.1 Å². The molecule has 1 aliphatic heterocycles. The number of carbonyl (C=O) groups is 1. The molecule has 1 heterocycles. The fourth-order valence-electron chi connectivity index (χ4n) is 9.46. The van der Waals surface area contributed by atoms with Gasteiger partial charge in [0.05, 0.1) is 18.8 Å². The van der Waals surface area contributed by atoms with E-state index in [-0.39, 0.29) is 42.0 Å².